The number of ether oxygens (including phenoxy) is 1. The summed E-state index contributed by atoms with van der Waals surface area (Å²) in [7, 11) is 1.54. The van der Waals surface area contributed by atoms with Crippen LogP contribution in [0.25, 0.3) is 6.08 Å². The molecule has 0 saturated heterocycles. The van der Waals surface area contributed by atoms with Crippen molar-refractivity contribution in [3.05, 3.63) is 97.9 Å². The van der Waals surface area contributed by atoms with Gasteiger partial charge in [-0.05, 0) is 77.0 Å². The fourth-order valence-electron chi connectivity index (χ4n) is 3.05. The van der Waals surface area contributed by atoms with Crippen LogP contribution < -0.4 is 10.1 Å². The number of methoxy groups -OCH3 is 1. The van der Waals surface area contributed by atoms with Crippen LogP contribution in [-0.4, -0.2) is 13.0 Å². The molecule has 0 saturated carbocycles. The number of amides is 1. The molecule has 1 N–H and O–H groups in total. The Morgan fingerprint density at radius 1 is 1.19 bits per heavy atom. The summed E-state index contributed by atoms with van der Waals surface area (Å²) in [5, 5.41) is 12.2. The van der Waals surface area contributed by atoms with Gasteiger partial charge in [-0.15, -0.1) is 0 Å². The average Bonchev–Trinajstić information content (AvgIpc) is 2.76. The minimum atomic E-state index is -0.490. The molecule has 3 rings (SSSR count). The Morgan fingerprint density at radius 2 is 1.90 bits per heavy atom. The van der Waals surface area contributed by atoms with Crippen LogP contribution in [0.4, 0.5) is 10.1 Å². The van der Waals surface area contributed by atoms with E-state index in [1.807, 2.05) is 31.2 Å². The summed E-state index contributed by atoms with van der Waals surface area (Å²) in [6.07, 6.45) is 1.89. The number of anilines is 1. The number of hydrogen-bond donors (Lipinski definition) is 1. The van der Waals surface area contributed by atoms with Crippen molar-refractivity contribution < 1.29 is 13.9 Å². The predicted molar refractivity (Wildman–Crippen MR) is 128 cm³/mol. The number of rotatable bonds is 6. The second kappa shape index (κ2) is 10.2. The number of nitrogens with zero attached hydrogens (tertiary/aromatic N) is 1. The molecule has 3 aromatic rings. The molecule has 0 fully saturated rings. The van der Waals surface area contributed by atoms with E-state index in [4.69, 9.17) is 4.74 Å². The number of benzene rings is 3. The lowest BCUT2D eigenvalue weighted by atomic mass is 10.0. The molecule has 3 aromatic carbocycles. The molecule has 0 aliphatic rings. The van der Waals surface area contributed by atoms with Crippen molar-refractivity contribution in [1.82, 2.24) is 0 Å². The number of carbonyl (C=O) groups excluding carboxylic acids is 1. The van der Waals surface area contributed by atoms with E-state index in [2.05, 4.69) is 27.9 Å². The highest BCUT2D eigenvalue weighted by Gasteiger charge is 2.15. The second-order valence-corrected chi connectivity index (χ2v) is 8.10. The second-order valence-electron chi connectivity index (χ2n) is 6.94. The van der Waals surface area contributed by atoms with E-state index in [9.17, 15) is 14.4 Å². The maximum atomic E-state index is 14.1. The van der Waals surface area contributed by atoms with Crippen molar-refractivity contribution in [1.29, 1.82) is 5.26 Å². The molecule has 0 aromatic heterocycles. The summed E-state index contributed by atoms with van der Waals surface area (Å²) in [5.74, 6) is -0.197. The lowest BCUT2D eigenvalue weighted by Crippen LogP contribution is -2.13. The highest BCUT2D eigenvalue weighted by molar-refractivity contribution is 14.1. The average molecular weight is 526 g/mol. The molecule has 1 amide bonds. The van der Waals surface area contributed by atoms with Gasteiger partial charge in [0.15, 0.2) is 0 Å². The van der Waals surface area contributed by atoms with Crippen LogP contribution in [-0.2, 0) is 11.2 Å². The molecule has 6 heteroatoms. The van der Waals surface area contributed by atoms with Crippen molar-refractivity contribution in [3.63, 3.8) is 0 Å². The molecule has 0 atom stereocenters. The smallest absolute Gasteiger partial charge is 0.266 e. The Labute approximate surface area is 194 Å². The van der Waals surface area contributed by atoms with Gasteiger partial charge in [-0.2, -0.15) is 5.26 Å². The molecule has 31 heavy (non-hydrogen) atoms. The third-order valence-corrected chi connectivity index (χ3v) is 5.67. The summed E-state index contributed by atoms with van der Waals surface area (Å²) in [4.78, 5) is 12.5. The number of aryl methyl sites for hydroxylation is 1. The minimum Gasteiger partial charge on any atom is -0.496 e. The van der Waals surface area contributed by atoms with Gasteiger partial charge in [0.2, 0.25) is 0 Å². The lowest BCUT2D eigenvalue weighted by molar-refractivity contribution is -0.112. The summed E-state index contributed by atoms with van der Waals surface area (Å²) >= 11 is 2.16. The number of hydrogen-bond acceptors (Lipinski definition) is 3. The molecule has 0 aliphatic heterocycles. The Balaban J connectivity index is 1.89. The first kappa shape index (κ1) is 22.5. The zero-order chi connectivity index (χ0) is 22.4. The maximum Gasteiger partial charge on any atom is 0.266 e. The van der Waals surface area contributed by atoms with E-state index < -0.39 is 5.91 Å². The van der Waals surface area contributed by atoms with E-state index >= 15 is 0 Å². The fourth-order valence-corrected chi connectivity index (χ4v) is 3.87. The van der Waals surface area contributed by atoms with Crippen molar-refractivity contribution in [2.24, 2.45) is 0 Å². The molecule has 4 nitrogen and oxygen atoms in total. The van der Waals surface area contributed by atoms with Crippen LogP contribution in [0.15, 0.2) is 66.2 Å². The third kappa shape index (κ3) is 5.70. The number of halogens is 2. The summed E-state index contributed by atoms with van der Waals surface area (Å²) in [6, 6.07) is 19.5. The normalized spacial score (nSPS) is 11.0. The number of nitriles is 1. The van der Waals surface area contributed by atoms with Gasteiger partial charge in [-0.25, -0.2) is 4.39 Å². The molecule has 0 spiro atoms. The van der Waals surface area contributed by atoms with E-state index in [1.54, 1.807) is 43.5 Å². The number of carbonyl (C=O) groups is 1. The SMILES string of the molecule is COc1cc(/C=C(\C#N)C(=O)Nc2ccc(C)cc2)cc(I)c1Cc1ccccc1F. The van der Waals surface area contributed by atoms with Gasteiger partial charge in [0.1, 0.15) is 23.2 Å². The Kier molecular flexibility index (Phi) is 7.42. The molecular formula is C25H20FIN2O2. The molecule has 156 valence electrons. The standard InChI is InChI=1S/C25H20FIN2O2/c1-16-7-9-20(10-8-16)29-25(30)19(15-28)11-17-12-23(27)21(24(13-17)31-2)14-18-5-3-4-6-22(18)26/h3-13H,14H2,1-2H3,(H,29,30)/b19-11+. The quantitative estimate of drug-likeness (QED) is 0.248. The van der Waals surface area contributed by atoms with Crippen LogP contribution in [0.5, 0.6) is 5.75 Å². The maximum absolute atomic E-state index is 14.1. The van der Waals surface area contributed by atoms with E-state index in [-0.39, 0.29) is 11.4 Å². The largest absolute Gasteiger partial charge is 0.496 e. The van der Waals surface area contributed by atoms with Gasteiger partial charge in [-0.1, -0.05) is 35.9 Å². The first-order valence-corrected chi connectivity index (χ1v) is 10.6. The zero-order valence-electron chi connectivity index (χ0n) is 17.1. The minimum absolute atomic E-state index is 0.0275. The zero-order valence-corrected chi connectivity index (χ0v) is 19.2. The van der Waals surface area contributed by atoms with Gasteiger partial charge < -0.3 is 10.1 Å². The molecular weight excluding hydrogens is 506 g/mol. The van der Waals surface area contributed by atoms with Gasteiger partial charge >= 0.3 is 0 Å². The first-order valence-electron chi connectivity index (χ1n) is 9.51. The Morgan fingerprint density at radius 3 is 2.55 bits per heavy atom. The van der Waals surface area contributed by atoms with E-state index in [0.29, 0.717) is 29.0 Å². The van der Waals surface area contributed by atoms with Crippen LogP contribution in [0, 0.1) is 27.6 Å². The number of nitrogens with one attached hydrogen (secondary N) is 1. The Bertz CT molecular complexity index is 1180. The Hall–Kier alpha value is -3.18. The summed E-state index contributed by atoms with van der Waals surface area (Å²) in [6.45, 7) is 1.96. The topological polar surface area (TPSA) is 62.1 Å². The highest BCUT2D eigenvalue weighted by Crippen LogP contribution is 2.30. The summed E-state index contributed by atoms with van der Waals surface area (Å²) in [5.41, 5.74) is 3.72. The fraction of sp³-hybridized carbons (Fsp3) is 0.120. The molecule has 0 radical (unpaired) electrons. The lowest BCUT2D eigenvalue weighted by Gasteiger charge is -2.13. The van der Waals surface area contributed by atoms with Gasteiger partial charge in [0.05, 0.1) is 7.11 Å². The summed E-state index contributed by atoms with van der Waals surface area (Å²) < 4.78 is 20.5. The van der Waals surface area contributed by atoms with Crippen molar-refractivity contribution in [3.8, 4) is 11.8 Å². The molecule has 0 heterocycles. The third-order valence-electron chi connectivity index (χ3n) is 4.71. The molecule has 0 unspecified atom stereocenters. The van der Waals surface area contributed by atoms with Crippen LogP contribution in [0.2, 0.25) is 0 Å². The van der Waals surface area contributed by atoms with Crippen molar-refractivity contribution in [2.45, 2.75) is 13.3 Å². The van der Waals surface area contributed by atoms with Crippen molar-refractivity contribution in [2.75, 3.05) is 12.4 Å². The van der Waals surface area contributed by atoms with Gasteiger partial charge in [-0.3, -0.25) is 4.79 Å². The van der Waals surface area contributed by atoms with Crippen LogP contribution in [0.3, 0.4) is 0 Å². The van der Waals surface area contributed by atoms with Crippen molar-refractivity contribution >= 4 is 40.3 Å². The van der Waals surface area contributed by atoms with E-state index in [1.165, 1.54) is 12.1 Å². The van der Waals surface area contributed by atoms with Gasteiger partial charge in [0.25, 0.3) is 5.91 Å². The van der Waals surface area contributed by atoms with Crippen LogP contribution in [0.1, 0.15) is 22.3 Å². The highest BCUT2D eigenvalue weighted by atomic mass is 127. The van der Waals surface area contributed by atoms with Gasteiger partial charge in [0, 0.05) is 21.2 Å². The van der Waals surface area contributed by atoms with Crippen LogP contribution >= 0.6 is 22.6 Å². The molecule has 0 aliphatic carbocycles. The first-order chi connectivity index (χ1) is 14.9. The predicted octanol–water partition coefficient (Wildman–Crippen LogP) is 5.88. The van der Waals surface area contributed by atoms with E-state index in [0.717, 1.165) is 14.7 Å². The monoisotopic (exact) mass is 526 g/mol. The molecule has 0 bridgehead atoms.